The highest BCUT2D eigenvalue weighted by molar-refractivity contribution is 5.67. The lowest BCUT2D eigenvalue weighted by atomic mass is 9.91. The van der Waals surface area contributed by atoms with E-state index in [0.29, 0.717) is 12.5 Å². The third-order valence-electron chi connectivity index (χ3n) is 3.96. The molecule has 0 aromatic carbocycles. The zero-order chi connectivity index (χ0) is 13.7. The fourth-order valence-electron chi connectivity index (χ4n) is 2.95. The number of carbonyl (C=O) groups is 1. The summed E-state index contributed by atoms with van der Waals surface area (Å²) in [5.74, 6) is 1.33. The molecule has 2 fully saturated rings. The molecule has 0 aromatic rings. The van der Waals surface area contributed by atoms with Crippen LogP contribution in [0, 0.1) is 11.8 Å². The molecule has 0 spiro atoms. The Hall–Kier alpha value is -0.810. The highest BCUT2D eigenvalue weighted by Crippen LogP contribution is 2.31. The Bertz CT molecular complexity index is 294. The summed E-state index contributed by atoms with van der Waals surface area (Å²) >= 11 is 0. The molecule has 2 unspecified atom stereocenters. The van der Waals surface area contributed by atoms with Crippen LogP contribution in [0.4, 0.5) is 4.79 Å². The highest BCUT2D eigenvalue weighted by Gasteiger charge is 2.32. The van der Waals surface area contributed by atoms with Crippen molar-refractivity contribution in [1.29, 1.82) is 0 Å². The van der Waals surface area contributed by atoms with Crippen molar-refractivity contribution in [2.24, 2.45) is 11.8 Å². The fourth-order valence-corrected chi connectivity index (χ4v) is 2.95. The van der Waals surface area contributed by atoms with Crippen molar-refractivity contribution in [2.75, 3.05) is 32.8 Å². The van der Waals surface area contributed by atoms with E-state index >= 15 is 0 Å². The molecule has 2 rings (SSSR count). The molecule has 0 aromatic heterocycles. The van der Waals surface area contributed by atoms with E-state index in [1.807, 2.05) is 6.92 Å². The van der Waals surface area contributed by atoms with Gasteiger partial charge in [0, 0.05) is 32.3 Å². The normalized spacial score (nSPS) is 28.1. The van der Waals surface area contributed by atoms with Gasteiger partial charge in [0.25, 0.3) is 0 Å². The van der Waals surface area contributed by atoms with Crippen LogP contribution in [0.5, 0.6) is 0 Å². The maximum absolute atomic E-state index is 11.5. The smallest absolute Gasteiger partial charge is 0.407 e. The summed E-state index contributed by atoms with van der Waals surface area (Å²) in [4.78, 5) is 14.0. The molecule has 1 saturated carbocycles. The molecular weight excluding hydrogens is 244 g/mol. The Morgan fingerprint density at radius 1 is 1.37 bits per heavy atom. The molecule has 2 N–H and O–H groups in total. The molecule has 5 nitrogen and oxygen atoms in total. The van der Waals surface area contributed by atoms with Crippen molar-refractivity contribution in [2.45, 2.75) is 38.6 Å². The Balaban J connectivity index is 1.83. The molecule has 1 saturated heterocycles. The van der Waals surface area contributed by atoms with Crippen LogP contribution in [0.3, 0.4) is 0 Å². The lowest BCUT2D eigenvalue weighted by Crippen LogP contribution is -2.51. The summed E-state index contributed by atoms with van der Waals surface area (Å²) < 4.78 is 4.95. The number of hydrogen-bond donors (Lipinski definition) is 2. The van der Waals surface area contributed by atoms with Crippen LogP contribution in [0.25, 0.3) is 0 Å². The molecule has 2 aliphatic rings. The quantitative estimate of drug-likeness (QED) is 0.762. The van der Waals surface area contributed by atoms with Crippen molar-refractivity contribution >= 4 is 6.09 Å². The summed E-state index contributed by atoms with van der Waals surface area (Å²) in [6.07, 6.45) is 4.14. The lowest BCUT2D eigenvalue weighted by Gasteiger charge is -2.37. The number of aliphatic hydroxyl groups excluding tert-OH is 1. The predicted octanol–water partition coefficient (Wildman–Crippen LogP) is 1.22. The number of piperidine rings is 1. The number of ether oxygens (including phenoxy) is 1. The second-order valence-electron chi connectivity index (χ2n) is 5.84. The molecule has 5 heteroatoms. The first-order valence-electron chi connectivity index (χ1n) is 7.47. The lowest BCUT2D eigenvalue weighted by molar-refractivity contribution is 0.104. The number of nitrogens with one attached hydrogen (secondary N) is 1. The first-order chi connectivity index (χ1) is 9.21. The van der Waals surface area contributed by atoms with Crippen LogP contribution >= 0.6 is 0 Å². The number of rotatable bonds is 6. The fraction of sp³-hybridized carbons (Fsp3) is 0.929. The minimum absolute atomic E-state index is 0.156. The van der Waals surface area contributed by atoms with E-state index in [4.69, 9.17) is 9.84 Å². The third-order valence-corrected chi connectivity index (χ3v) is 3.96. The number of aliphatic hydroxyl groups is 1. The standard InChI is InChI=1S/C14H26N2O3/c1-2-19-14(18)15-13-7-12(5-6-17)9-16(10-13)8-11-3-4-11/h11-13,17H,2-10H2,1H3,(H,15,18). The van der Waals surface area contributed by atoms with Gasteiger partial charge in [0.2, 0.25) is 0 Å². The maximum atomic E-state index is 11.5. The van der Waals surface area contributed by atoms with Gasteiger partial charge in [-0.1, -0.05) is 0 Å². The van der Waals surface area contributed by atoms with Crippen molar-refractivity contribution in [3.63, 3.8) is 0 Å². The third kappa shape index (κ3) is 4.99. The summed E-state index contributed by atoms with van der Waals surface area (Å²) in [7, 11) is 0. The second-order valence-corrected chi connectivity index (χ2v) is 5.84. The van der Waals surface area contributed by atoms with Crippen LogP contribution < -0.4 is 5.32 Å². The van der Waals surface area contributed by atoms with Gasteiger partial charge in [0.15, 0.2) is 0 Å². The van der Waals surface area contributed by atoms with Crippen molar-refractivity contribution in [3.8, 4) is 0 Å². The van der Waals surface area contributed by atoms with Gasteiger partial charge in [0.05, 0.1) is 6.61 Å². The van der Waals surface area contributed by atoms with E-state index in [1.54, 1.807) is 0 Å². The molecule has 1 amide bonds. The minimum atomic E-state index is -0.316. The average molecular weight is 270 g/mol. The van der Waals surface area contributed by atoms with Gasteiger partial charge >= 0.3 is 6.09 Å². The minimum Gasteiger partial charge on any atom is -0.450 e. The van der Waals surface area contributed by atoms with E-state index in [9.17, 15) is 4.79 Å². The number of likely N-dealkylation sites (tertiary alicyclic amines) is 1. The molecule has 1 heterocycles. The zero-order valence-electron chi connectivity index (χ0n) is 11.8. The number of carbonyl (C=O) groups excluding carboxylic acids is 1. The van der Waals surface area contributed by atoms with Crippen LogP contribution in [-0.2, 0) is 4.74 Å². The molecule has 0 radical (unpaired) electrons. The van der Waals surface area contributed by atoms with Gasteiger partial charge < -0.3 is 20.1 Å². The number of amides is 1. The second kappa shape index (κ2) is 7.10. The van der Waals surface area contributed by atoms with Crippen LogP contribution in [-0.4, -0.2) is 55.0 Å². The Morgan fingerprint density at radius 3 is 2.79 bits per heavy atom. The number of nitrogens with zero attached hydrogens (tertiary/aromatic N) is 1. The SMILES string of the molecule is CCOC(=O)NC1CC(CCO)CN(CC2CC2)C1. The van der Waals surface area contributed by atoms with Crippen LogP contribution in [0.2, 0.25) is 0 Å². The molecule has 0 bridgehead atoms. The molecule has 1 aliphatic carbocycles. The van der Waals surface area contributed by atoms with Crippen molar-refractivity contribution in [3.05, 3.63) is 0 Å². The topological polar surface area (TPSA) is 61.8 Å². The largest absolute Gasteiger partial charge is 0.450 e. The maximum Gasteiger partial charge on any atom is 0.407 e. The molecule has 2 atom stereocenters. The van der Waals surface area contributed by atoms with Gasteiger partial charge in [-0.05, 0) is 44.4 Å². The van der Waals surface area contributed by atoms with E-state index in [0.717, 1.165) is 38.4 Å². The van der Waals surface area contributed by atoms with Gasteiger partial charge in [0.1, 0.15) is 0 Å². The zero-order valence-corrected chi connectivity index (χ0v) is 11.8. The summed E-state index contributed by atoms with van der Waals surface area (Å²) in [5, 5.41) is 12.1. The van der Waals surface area contributed by atoms with E-state index in [-0.39, 0.29) is 18.7 Å². The summed E-state index contributed by atoms with van der Waals surface area (Å²) in [6, 6.07) is 0.156. The van der Waals surface area contributed by atoms with E-state index in [2.05, 4.69) is 10.2 Å². The van der Waals surface area contributed by atoms with Gasteiger partial charge in [-0.15, -0.1) is 0 Å². The molecule has 19 heavy (non-hydrogen) atoms. The van der Waals surface area contributed by atoms with E-state index < -0.39 is 0 Å². The van der Waals surface area contributed by atoms with Crippen LogP contribution in [0.15, 0.2) is 0 Å². The Kier molecular flexibility index (Phi) is 5.45. The van der Waals surface area contributed by atoms with Crippen molar-refractivity contribution in [1.82, 2.24) is 10.2 Å². The average Bonchev–Trinajstić information content (AvgIpc) is 3.13. The van der Waals surface area contributed by atoms with Gasteiger partial charge in [-0.2, -0.15) is 0 Å². The van der Waals surface area contributed by atoms with Crippen molar-refractivity contribution < 1.29 is 14.6 Å². The highest BCUT2D eigenvalue weighted by atomic mass is 16.5. The van der Waals surface area contributed by atoms with Gasteiger partial charge in [-0.25, -0.2) is 4.79 Å². The first-order valence-corrected chi connectivity index (χ1v) is 7.47. The Morgan fingerprint density at radius 2 is 2.16 bits per heavy atom. The molecular formula is C14H26N2O3. The summed E-state index contributed by atoms with van der Waals surface area (Å²) in [6.45, 7) is 5.56. The molecule has 110 valence electrons. The Labute approximate surface area is 115 Å². The predicted molar refractivity (Wildman–Crippen MR) is 72.9 cm³/mol. The molecule has 1 aliphatic heterocycles. The van der Waals surface area contributed by atoms with Gasteiger partial charge in [-0.3, -0.25) is 0 Å². The number of alkyl carbamates (subject to hydrolysis) is 1. The van der Waals surface area contributed by atoms with Crippen LogP contribution in [0.1, 0.15) is 32.6 Å². The van der Waals surface area contributed by atoms with E-state index in [1.165, 1.54) is 12.8 Å². The first kappa shape index (κ1) is 14.6. The monoisotopic (exact) mass is 270 g/mol. The summed E-state index contributed by atoms with van der Waals surface area (Å²) in [5.41, 5.74) is 0. The number of hydrogen-bond acceptors (Lipinski definition) is 4.